The molecule has 0 aliphatic carbocycles. The van der Waals surface area contributed by atoms with E-state index in [-0.39, 0.29) is 6.10 Å². The molecule has 1 N–H and O–H groups in total. The Morgan fingerprint density at radius 1 is 1.21 bits per heavy atom. The van der Waals surface area contributed by atoms with E-state index in [0.29, 0.717) is 28.2 Å². The largest absolute Gasteiger partial charge is 0.436 e. The average molecular weight is 378 g/mol. The van der Waals surface area contributed by atoms with Crippen LogP contribution in [-0.4, -0.2) is 22.8 Å². The van der Waals surface area contributed by atoms with Crippen LogP contribution in [0.25, 0.3) is 27.4 Å². The van der Waals surface area contributed by atoms with Crippen molar-refractivity contribution in [3.05, 3.63) is 58.9 Å². The van der Waals surface area contributed by atoms with E-state index in [1.54, 1.807) is 26.0 Å². The van der Waals surface area contributed by atoms with Crippen LogP contribution in [0.15, 0.2) is 40.8 Å². The van der Waals surface area contributed by atoms with Crippen molar-refractivity contribution >= 4 is 16.8 Å². The SMILES string of the molecule is [C-]#[N+]c1cc(C(C)(C)O)c2oc(-c3ccc(CCCOC(C)C)cc3)nc2c1. The number of aliphatic hydroxyl groups is 1. The van der Waals surface area contributed by atoms with Crippen LogP contribution in [0.5, 0.6) is 0 Å². The van der Waals surface area contributed by atoms with Gasteiger partial charge < -0.3 is 14.3 Å². The van der Waals surface area contributed by atoms with E-state index in [9.17, 15) is 5.11 Å². The van der Waals surface area contributed by atoms with Crippen molar-refractivity contribution < 1.29 is 14.3 Å². The number of fused-ring (bicyclic) bond motifs is 1. The summed E-state index contributed by atoms with van der Waals surface area (Å²) in [5, 5.41) is 10.5. The number of aryl methyl sites for hydroxylation is 1. The minimum absolute atomic E-state index is 0.263. The van der Waals surface area contributed by atoms with Gasteiger partial charge in [-0.25, -0.2) is 9.83 Å². The van der Waals surface area contributed by atoms with Gasteiger partial charge in [-0.05, 0) is 70.4 Å². The maximum absolute atomic E-state index is 10.5. The van der Waals surface area contributed by atoms with Gasteiger partial charge in [0.15, 0.2) is 11.3 Å². The number of oxazole rings is 1. The van der Waals surface area contributed by atoms with Gasteiger partial charge in [-0.2, -0.15) is 0 Å². The minimum atomic E-state index is -1.13. The molecule has 5 heteroatoms. The molecule has 28 heavy (non-hydrogen) atoms. The molecule has 0 saturated carbocycles. The van der Waals surface area contributed by atoms with Crippen molar-refractivity contribution in [2.45, 2.75) is 52.2 Å². The van der Waals surface area contributed by atoms with Gasteiger partial charge in [0.1, 0.15) is 0 Å². The number of hydrogen-bond donors (Lipinski definition) is 1. The first-order chi connectivity index (χ1) is 13.3. The Morgan fingerprint density at radius 2 is 1.93 bits per heavy atom. The lowest BCUT2D eigenvalue weighted by molar-refractivity contribution is 0.0771. The maximum atomic E-state index is 10.5. The fraction of sp³-hybridized carbons (Fsp3) is 0.391. The third-order valence-electron chi connectivity index (χ3n) is 4.52. The molecule has 0 bridgehead atoms. The predicted molar refractivity (Wildman–Crippen MR) is 110 cm³/mol. The molecule has 3 rings (SSSR count). The van der Waals surface area contributed by atoms with E-state index in [1.807, 2.05) is 26.0 Å². The van der Waals surface area contributed by atoms with Crippen molar-refractivity contribution in [1.29, 1.82) is 0 Å². The first kappa shape index (κ1) is 20.1. The predicted octanol–water partition coefficient (Wildman–Crippen LogP) is 5.63. The minimum Gasteiger partial charge on any atom is -0.436 e. The molecule has 5 nitrogen and oxygen atoms in total. The highest BCUT2D eigenvalue weighted by molar-refractivity contribution is 5.84. The van der Waals surface area contributed by atoms with E-state index in [2.05, 4.69) is 22.0 Å². The Labute approximate surface area is 165 Å². The first-order valence-electron chi connectivity index (χ1n) is 9.53. The molecule has 0 fully saturated rings. The van der Waals surface area contributed by atoms with Crippen molar-refractivity contribution in [3.63, 3.8) is 0 Å². The van der Waals surface area contributed by atoms with Gasteiger partial charge in [-0.15, -0.1) is 0 Å². The summed E-state index contributed by atoms with van der Waals surface area (Å²) in [5.74, 6) is 0.484. The van der Waals surface area contributed by atoms with Crippen LogP contribution < -0.4 is 0 Å². The topological polar surface area (TPSA) is 59.9 Å². The fourth-order valence-corrected chi connectivity index (χ4v) is 3.07. The summed E-state index contributed by atoms with van der Waals surface area (Å²) in [6.07, 6.45) is 2.20. The van der Waals surface area contributed by atoms with Gasteiger partial charge in [0, 0.05) is 17.7 Å². The lowest BCUT2D eigenvalue weighted by Crippen LogP contribution is -2.15. The number of benzene rings is 2. The molecular formula is C23H26N2O3. The zero-order valence-electron chi connectivity index (χ0n) is 16.8. The summed E-state index contributed by atoms with van der Waals surface area (Å²) in [6.45, 7) is 15.5. The van der Waals surface area contributed by atoms with E-state index >= 15 is 0 Å². The Kier molecular flexibility index (Phi) is 5.83. The van der Waals surface area contributed by atoms with Crippen LogP contribution in [0.1, 0.15) is 45.2 Å². The Hall–Kier alpha value is -2.68. The standard InChI is InChI=1S/C23H26N2O3/c1-15(2)27-12-6-7-16-8-10-17(11-9-16)22-25-20-14-18(24-5)13-19(21(20)28-22)23(3,4)26/h8-11,13-15,26H,6-7,12H2,1-4H3. The van der Waals surface area contributed by atoms with Crippen molar-refractivity contribution in [2.75, 3.05) is 6.61 Å². The third-order valence-corrected chi connectivity index (χ3v) is 4.52. The molecule has 0 spiro atoms. The Bertz CT molecular complexity index is 990. The molecule has 0 amide bonds. The van der Waals surface area contributed by atoms with E-state index < -0.39 is 5.60 Å². The van der Waals surface area contributed by atoms with Crippen LogP contribution in [0.3, 0.4) is 0 Å². The maximum Gasteiger partial charge on any atom is 0.227 e. The van der Waals surface area contributed by atoms with Crippen LogP contribution >= 0.6 is 0 Å². The molecule has 0 unspecified atom stereocenters. The third kappa shape index (κ3) is 4.59. The Balaban J connectivity index is 1.85. The monoisotopic (exact) mass is 378 g/mol. The van der Waals surface area contributed by atoms with Crippen LogP contribution in [0.2, 0.25) is 0 Å². The molecule has 0 atom stereocenters. The van der Waals surface area contributed by atoms with Crippen LogP contribution in [-0.2, 0) is 16.8 Å². The fourth-order valence-electron chi connectivity index (χ4n) is 3.07. The van der Waals surface area contributed by atoms with E-state index in [1.165, 1.54) is 5.56 Å². The molecule has 3 aromatic rings. The second-order valence-electron chi connectivity index (χ2n) is 7.75. The molecule has 0 radical (unpaired) electrons. The number of hydrogen-bond acceptors (Lipinski definition) is 4. The van der Waals surface area contributed by atoms with Crippen molar-refractivity contribution in [1.82, 2.24) is 4.98 Å². The molecule has 0 saturated heterocycles. The number of aromatic nitrogens is 1. The van der Waals surface area contributed by atoms with Crippen LogP contribution in [0.4, 0.5) is 5.69 Å². The van der Waals surface area contributed by atoms with Gasteiger partial charge in [-0.3, -0.25) is 0 Å². The summed E-state index contributed by atoms with van der Waals surface area (Å²) >= 11 is 0. The van der Waals surface area contributed by atoms with Crippen molar-refractivity contribution in [3.8, 4) is 11.5 Å². The lowest BCUT2D eigenvalue weighted by atomic mass is 9.97. The van der Waals surface area contributed by atoms with E-state index in [0.717, 1.165) is 25.0 Å². The molecule has 0 aliphatic heterocycles. The quantitative estimate of drug-likeness (QED) is 0.427. The zero-order chi connectivity index (χ0) is 20.3. The molecule has 1 aromatic heterocycles. The Morgan fingerprint density at radius 3 is 2.54 bits per heavy atom. The van der Waals surface area contributed by atoms with Gasteiger partial charge in [0.05, 0.1) is 23.8 Å². The lowest BCUT2D eigenvalue weighted by Gasteiger charge is -2.17. The summed E-state index contributed by atoms with van der Waals surface area (Å²) in [7, 11) is 0. The molecular weight excluding hydrogens is 352 g/mol. The van der Waals surface area contributed by atoms with Gasteiger partial charge in [0.25, 0.3) is 0 Å². The number of rotatable bonds is 7. The average Bonchev–Trinajstić information content (AvgIpc) is 3.07. The van der Waals surface area contributed by atoms with Gasteiger partial charge in [-0.1, -0.05) is 12.1 Å². The highest BCUT2D eigenvalue weighted by atomic mass is 16.5. The molecule has 0 aliphatic rings. The van der Waals surface area contributed by atoms with Gasteiger partial charge >= 0.3 is 0 Å². The summed E-state index contributed by atoms with van der Waals surface area (Å²) in [5.41, 5.74) is 3.07. The van der Waals surface area contributed by atoms with Crippen molar-refractivity contribution in [2.24, 2.45) is 0 Å². The second kappa shape index (κ2) is 8.14. The smallest absolute Gasteiger partial charge is 0.227 e. The second-order valence-corrected chi connectivity index (χ2v) is 7.75. The summed E-state index contributed by atoms with van der Waals surface area (Å²) in [4.78, 5) is 8.03. The first-order valence-corrected chi connectivity index (χ1v) is 9.53. The van der Waals surface area contributed by atoms with Gasteiger partial charge in [0.2, 0.25) is 5.89 Å². The normalized spacial score (nSPS) is 11.9. The summed E-state index contributed by atoms with van der Waals surface area (Å²) in [6, 6.07) is 11.5. The highest BCUT2D eigenvalue weighted by Crippen LogP contribution is 2.35. The number of ether oxygens (including phenoxy) is 1. The molecule has 146 valence electrons. The molecule has 1 heterocycles. The van der Waals surface area contributed by atoms with Crippen LogP contribution in [0, 0.1) is 6.57 Å². The van der Waals surface area contributed by atoms with E-state index in [4.69, 9.17) is 15.7 Å². The summed E-state index contributed by atoms with van der Waals surface area (Å²) < 4.78 is 11.6. The zero-order valence-corrected chi connectivity index (χ0v) is 16.8. The molecule has 2 aromatic carbocycles. The highest BCUT2D eigenvalue weighted by Gasteiger charge is 2.24. The number of nitrogens with zero attached hydrogens (tertiary/aromatic N) is 2.